The van der Waals surface area contributed by atoms with Crippen molar-refractivity contribution >= 4 is 24.1 Å². The van der Waals surface area contributed by atoms with Gasteiger partial charge in [0, 0.05) is 12.1 Å². The van der Waals surface area contributed by atoms with Crippen molar-refractivity contribution in [3.05, 3.63) is 34.4 Å². The molecule has 2 N–H and O–H groups in total. The molecule has 0 amide bonds. The first kappa shape index (κ1) is 13.9. The minimum absolute atomic E-state index is 0. The van der Waals surface area contributed by atoms with Crippen LogP contribution in [0.5, 0.6) is 0 Å². The summed E-state index contributed by atoms with van der Waals surface area (Å²) in [6, 6.07) is 4.38. The Labute approximate surface area is 119 Å². The Morgan fingerprint density at radius 3 is 2.74 bits per heavy atom. The van der Waals surface area contributed by atoms with Crippen LogP contribution in [0.15, 0.2) is 22.2 Å². The van der Waals surface area contributed by atoms with Crippen molar-refractivity contribution in [2.24, 2.45) is 10.1 Å². The van der Waals surface area contributed by atoms with Crippen molar-refractivity contribution in [2.45, 2.75) is 26.7 Å². The number of hydrazone groups is 1. The highest BCUT2D eigenvalue weighted by Gasteiger charge is 2.21. The predicted octanol–water partition coefficient (Wildman–Crippen LogP) is 1.92. The molecule has 1 aromatic carbocycles. The van der Waals surface area contributed by atoms with Gasteiger partial charge in [-0.1, -0.05) is 12.1 Å². The number of nitrogens with one attached hydrogen (secondary N) is 2. The topological polar surface area (TPSA) is 48.8 Å². The summed E-state index contributed by atoms with van der Waals surface area (Å²) in [5, 5.41) is 7.68. The van der Waals surface area contributed by atoms with Gasteiger partial charge in [0.15, 0.2) is 0 Å². The van der Waals surface area contributed by atoms with Gasteiger partial charge in [-0.25, -0.2) is 10.4 Å². The molecule has 0 unspecified atom stereocenters. The highest BCUT2D eigenvalue weighted by atomic mass is 35.5. The predicted molar refractivity (Wildman–Crippen MR) is 81.5 cm³/mol. The molecule has 0 spiro atoms. The van der Waals surface area contributed by atoms with Gasteiger partial charge in [-0.05, 0) is 43.4 Å². The third kappa shape index (κ3) is 2.59. The van der Waals surface area contributed by atoms with E-state index in [2.05, 4.69) is 46.8 Å². The first-order valence-electron chi connectivity index (χ1n) is 6.46. The highest BCUT2D eigenvalue weighted by Crippen LogP contribution is 2.28. The average molecular weight is 279 g/mol. The van der Waals surface area contributed by atoms with Gasteiger partial charge >= 0.3 is 0 Å². The van der Waals surface area contributed by atoms with Gasteiger partial charge in [-0.15, -0.1) is 12.4 Å². The van der Waals surface area contributed by atoms with Crippen LogP contribution in [0.3, 0.4) is 0 Å². The third-order valence-corrected chi connectivity index (χ3v) is 3.63. The lowest BCUT2D eigenvalue weighted by Crippen LogP contribution is -2.30. The maximum absolute atomic E-state index is 4.52. The van der Waals surface area contributed by atoms with Crippen molar-refractivity contribution in [3.8, 4) is 0 Å². The number of benzene rings is 1. The minimum atomic E-state index is 0. The van der Waals surface area contributed by atoms with Crippen LogP contribution < -0.4 is 10.7 Å². The Balaban J connectivity index is 0.00000133. The zero-order valence-corrected chi connectivity index (χ0v) is 12.1. The van der Waals surface area contributed by atoms with E-state index in [-0.39, 0.29) is 12.4 Å². The number of fused-ring (bicyclic) bond motifs is 1. The summed E-state index contributed by atoms with van der Waals surface area (Å²) in [6.07, 6.45) is 2.12. The second-order valence-corrected chi connectivity index (χ2v) is 4.88. The molecule has 0 aromatic heterocycles. The number of aryl methyl sites for hydroxylation is 2. The van der Waals surface area contributed by atoms with Gasteiger partial charge in [0.1, 0.15) is 0 Å². The number of aliphatic imine (C=N–C) groups is 1. The van der Waals surface area contributed by atoms with Gasteiger partial charge in [0.2, 0.25) is 5.96 Å². The van der Waals surface area contributed by atoms with E-state index in [9.17, 15) is 0 Å². The van der Waals surface area contributed by atoms with Gasteiger partial charge in [0.25, 0.3) is 0 Å². The lowest BCUT2D eigenvalue weighted by Gasteiger charge is -2.08. The minimum Gasteiger partial charge on any atom is -0.353 e. The van der Waals surface area contributed by atoms with Crippen LogP contribution in [0, 0.1) is 13.8 Å². The third-order valence-electron chi connectivity index (χ3n) is 3.63. The van der Waals surface area contributed by atoms with Crippen LogP contribution in [0.25, 0.3) is 0 Å². The molecule has 0 radical (unpaired) electrons. The molecule has 0 atom stereocenters. The number of halogens is 1. The van der Waals surface area contributed by atoms with Crippen molar-refractivity contribution in [2.75, 3.05) is 13.1 Å². The number of rotatable bonds is 1. The molecule has 0 fully saturated rings. The summed E-state index contributed by atoms with van der Waals surface area (Å²) < 4.78 is 0. The number of nitrogens with zero attached hydrogens (tertiary/aromatic N) is 2. The van der Waals surface area contributed by atoms with E-state index in [1.807, 2.05) is 0 Å². The molecule has 0 saturated carbocycles. The van der Waals surface area contributed by atoms with Crippen LogP contribution in [0.4, 0.5) is 0 Å². The van der Waals surface area contributed by atoms with Crippen molar-refractivity contribution in [1.82, 2.24) is 10.7 Å². The smallest absolute Gasteiger partial charge is 0.212 e. The Bertz CT molecular complexity index is 549. The zero-order valence-electron chi connectivity index (χ0n) is 11.3. The van der Waals surface area contributed by atoms with Crippen LogP contribution in [0.1, 0.15) is 28.7 Å². The average Bonchev–Trinajstić information content (AvgIpc) is 3.00. The van der Waals surface area contributed by atoms with E-state index >= 15 is 0 Å². The molecular formula is C14H19ClN4. The lowest BCUT2D eigenvalue weighted by molar-refractivity contribution is 0.913. The molecule has 1 aromatic rings. The second-order valence-electron chi connectivity index (χ2n) is 4.88. The molecule has 0 saturated heterocycles. The largest absolute Gasteiger partial charge is 0.353 e. The van der Waals surface area contributed by atoms with E-state index in [0.29, 0.717) is 0 Å². The maximum atomic E-state index is 4.52. The first-order valence-corrected chi connectivity index (χ1v) is 6.46. The van der Waals surface area contributed by atoms with E-state index in [1.165, 1.54) is 22.3 Å². The Morgan fingerprint density at radius 1 is 1.21 bits per heavy atom. The van der Waals surface area contributed by atoms with Crippen LogP contribution in [-0.2, 0) is 6.42 Å². The molecule has 4 nitrogen and oxygen atoms in total. The van der Waals surface area contributed by atoms with Crippen molar-refractivity contribution in [3.63, 3.8) is 0 Å². The Hall–Kier alpha value is -1.55. The van der Waals surface area contributed by atoms with Crippen LogP contribution >= 0.6 is 12.4 Å². The number of guanidine groups is 1. The molecule has 1 aliphatic carbocycles. The van der Waals surface area contributed by atoms with Crippen molar-refractivity contribution in [1.29, 1.82) is 0 Å². The molecule has 1 aliphatic heterocycles. The van der Waals surface area contributed by atoms with Crippen LogP contribution in [-0.4, -0.2) is 24.8 Å². The fourth-order valence-corrected chi connectivity index (χ4v) is 2.67. The fourth-order valence-electron chi connectivity index (χ4n) is 2.67. The lowest BCUT2D eigenvalue weighted by atomic mass is 9.99. The molecule has 3 rings (SSSR count). The molecule has 19 heavy (non-hydrogen) atoms. The van der Waals surface area contributed by atoms with Gasteiger partial charge < -0.3 is 5.32 Å². The van der Waals surface area contributed by atoms with E-state index in [4.69, 9.17) is 0 Å². The molecule has 5 heteroatoms. The molecule has 2 aliphatic rings. The summed E-state index contributed by atoms with van der Waals surface area (Å²) in [4.78, 5) is 4.28. The fraction of sp³-hybridized carbons (Fsp3) is 0.429. The molecule has 102 valence electrons. The summed E-state index contributed by atoms with van der Waals surface area (Å²) in [7, 11) is 0. The first-order chi connectivity index (χ1) is 8.75. The Kier molecular flexibility index (Phi) is 4.10. The molecule has 1 heterocycles. The highest BCUT2D eigenvalue weighted by molar-refractivity contribution is 6.06. The van der Waals surface area contributed by atoms with Gasteiger partial charge in [-0.2, -0.15) is 5.10 Å². The SMILES string of the molecule is Cc1ccc(C)c2c1CCC2=NNC1=NCCN1.Cl. The summed E-state index contributed by atoms with van der Waals surface area (Å²) >= 11 is 0. The van der Waals surface area contributed by atoms with Gasteiger partial charge in [0.05, 0.1) is 12.3 Å². The summed E-state index contributed by atoms with van der Waals surface area (Å²) in [5.74, 6) is 0.793. The van der Waals surface area contributed by atoms with Crippen LogP contribution in [0.2, 0.25) is 0 Å². The van der Waals surface area contributed by atoms with E-state index < -0.39 is 0 Å². The number of hydrogen-bond donors (Lipinski definition) is 2. The van der Waals surface area contributed by atoms with Gasteiger partial charge in [-0.3, -0.25) is 0 Å². The normalized spacial score (nSPS) is 18.6. The monoisotopic (exact) mass is 278 g/mol. The Morgan fingerprint density at radius 2 is 2.00 bits per heavy atom. The summed E-state index contributed by atoms with van der Waals surface area (Å²) in [5.41, 5.74) is 9.67. The quantitative estimate of drug-likeness (QED) is 0.771. The van der Waals surface area contributed by atoms with E-state index in [1.54, 1.807) is 0 Å². The maximum Gasteiger partial charge on any atom is 0.212 e. The summed E-state index contributed by atoms with van der Waals surface area (Å²) in [6.45, 7) is 6.07. The zero-order chi connectivity index (χ0) is 12.5. The molecule has 0 bridgehead atoms. The second kappa shape index (κ2) is 5.61. The standard InChI is InChI=1S/C14H18N4.ClH/c1-9-3-4-10(2)13-11(9)5-6-12(13)17-18-14-15-7-8-16-14;/h3-4H,5-8H2,1-2H3,(H2,15,16,18);1H. The molecular weight excluding hydrogens is 260 g/mol. The number of hydrogen-bond acceptors (Lipinski definition) is 4. The van der Waals surface area contributed by atoms with Crippen molar-refractivity contribution < 1.29 is 0 Å². The van der Waals surface area contributed by atoms with E-state index in [0.717, 1.165) is 37.6 Å².